The van der Waals surface area contributed by atoms with Crippen LogP contribution in [0, 0.1) is 6.92 Å². The fraction of sp³-hybridized carbons (Fsp3) is 0.727. The lowest BCUT2D eigenvalue weighted by molar-refractivity contribution is 0.618. The summed E-state index contributed by atoms with van der Waals surface area (Å²) in [5.74, 6) is 0.593. The summed E-state index contributed by atoms with van der Waals surface area (Å²) in [4.78, 5) is 0. The molecule has 74 valence electrons. The molecule has 1 aromatic heterocycles. The summed E-state index contributed by atoms with van der Waals surface area (Å²) in [5, 5.41) is 4.54. The van der Waals surface area contributed by atoms with Crippen LogP contribution in [-0.2, 0) is 13.0 Å². The van der Waals surface area contributed by atoms with Gasteiger partial charge in [-0.1, -0.05) is 20.8 Å². The van der Waals surface area contributed by atoms with Crippen molar-refractivity contribution in [1.29, 1.82) is 0 Å². The van der Waals surface area contributed by atoms with E-state index in [1.807, 2.05) is 0 Å². The number of nitrogens with zero attached hydrogens (tertiary/aromatic N) is 2. The van der Waals surface area contributed by atoms with E-state index in [9.17, 15) is 0 Å². The molecule has 0 N–H and O–H groups in total. The Labute approximate surface area is 81.0 Å². The van der Waals surface area contributed by atoms with E-state index in [1.165, 1.54) is 17.0 Å². The molecule has 0 radical (unpaired) electrons. The lowest BCUT2D eigenvalue weighted by Gasteiger charge is -2.08. The molecule has 0 atom stereocenters. The maximum Gasteiger partial charge on any atom is 0.0631 e. The number of aromatic nitrogens is 2. The molecule has 1 aromatic rings. The quantitative estimate of drug-likeness (QED) is 0.699. The Kier molecular flexibility index (Phi) is 3.12. The summed E-state index contributed by atoms with van der Waals surface area (Å²) in [6.45, 7) is 11.9. The lowest BCUT2D eigenvalue weighted by Crippen LogP contribution is -2.03. The molecule has 0 saturated heterocycles. The zero-order valence-electron chi connectivity index (χ0n) is 9.39. The van der Waals surface area contributed by atoms with Crippen LogP contribution in [0.3, 0.4) is 0 Å². The molecule has 1 heterocycles. The van der Waals surface area contributed by atoms with Crippen molar-refractivity contribution >= 4 is 0 Å². The van der Waals surface area contributed by atoms with Gasteiger partial charge in [0.15, 0.2) is 0 Å². The van der Waals surface area contributed by atoms with Crippen molar-refractivity contribution in [3.05, 3.63) is 17.0 Å². The van der Waals surface area contributed by atoms with E-state index in [2.05, 4.69) is 44.4 Å². The summed E-state index contributed by atoms with van der Waals surface area (Å²) in [6.07, 6.45) is 1.09. The summed E-state index contributed by atoms with van der Waals surface area (Å²) in [7, 11) is 0. The molecule has 0 aliphatic heterocycles. The smallest absolute Gasteiger partial charge is 0.0631 e. The summed E-state index contributed by atoms with van der Waals surface area (Å²) in [5.41, 5.74) is 4.06. The van der Waals surface area contributed by atoms with Gasteiger partial charge in [0.05, 0.1) is 5.69 Å². The van der Waals surface area contributed by atoms with Crippen molar-refractivity contribution in [2.45, 2.75) is 53.5 Å². The van der Waals surface area contributed by atoms with Crippen molar-refractivity contribution in [3.63, 3.8) is 0 Å². The highest BCUT2D eigenvalue weighted by Gasteiger charge is 2.14. The predicted octanol–water partition coefficient (Wildman–Crippen LogP) is 2.90. The molecule has 0 saturated carbocycles. The highest BCUT2D eigenvalue weighted by molar-refractivity contribution is 5.28. The fourth-order valence-corrected chi connectivity index (χ4v) is 2.03. The fourth-order valence-electron chi connectivity index (χ4n) is 2.03. The van der Waals surface area contributed by atoms with Gasteiger partial charge < -0.3 is 0 Å². The molecular weight excluding hydrogens is 160 g/mol. The van der Waals surface area contributed by atoms with Gasteiger partial charge in [-0.2, -0.15) is 5.10 Å². The molecule has 1 rings (SSSR count). The molecule has 13 heavy (non-hydrogen) atoms. The normalized spacial score (nSPS) is 11.2. The zero-order valence-corrected chi connectivity index (χ0v) is 9.39. The largest absolute Gasteiger partial charge is 0.269 e. The standard InChI is InChI=1S/C11H20N2/c1-6-10-11(8(3)4)9(5)12-13(10)7-2/h8H,6-7H2,1-5H3. The molecule has 0 amide bonds. The minimum absolute atomic E-state index is 0.593. The van der Waals surface area contributed by atoms with Gasteiger partial charge in [0.25, 0.3) is 0 Å². The second-order valence-corrected chi connectivity index (χ2v) is 3.77. The molecule has 2 nitrogen and oxygen atoms in total. The van der Waals surface area contributed by atoms with Crippen molar-refractivity contribution < 1.29 is 0 Å². The molecule has 2 heteroatoms. The van der Waals surface area contributed by atoms with Gasteiger partial charge >= 0.3 is 0 Å². The van der Waals surface area contributed by atoms with Crippen LogP contribution < -0.4 is 0 Å². The Hall–Kier alpha value is -0.790. The zero-order chi connectivity index (χ0) is 10.0. The first-order valence-corrected chi connectivity index (χ1v) is 5.17. The first-order valence-electron chi connectivity index (χ1n) is 5.17. The molecular formula is C11H20N2. The van der Waals surface area contributed by atoms with Crippen molar-refractivity contribution in [3.8, 4) is 0 Å². The molecule has 0 bridgehead atoms. The van der Waals surface area contributed by atoms with E-state index >= 15 is 0 Å². The van der Waals surface area contributed by atoms with Crippen molar-refractivity contribution in [1.82, 2.24) is 9.78 Å². The van der Waals surface area contributed by atoms with Crippen LogP contribution >= 0.6 is 0 Å². The van der Waals surface area contributed by atoms with Gasteiger partial charge in [-0.15, -0.1) is 0 Å². The molecule has 0 unspecified atom stereocenters. The molecule has 0 spiro atoms. The van der Waals surface area contributed by atoms with Crippen molar-refractivity contribution in [2.24, 2.45) is 0 Å². The average Bonchev–Trinajstić information content (AvgIpc) is 2.41. The van der Waals surface area contributed by atoms with E-state index in [-0.39, 0.29) is 0 Å². The third kappa shape index (κ3) is 1.77. The van der Waals surface area contributed by atoms with Gasteiger partial charge in [0.1, 0.15) is 0 Å². The first kappa shape index (κ1) is 10.3. The maximum atomic E-state index is 4.54. The van der Waals surface area contributed by atoms with E-state index in [0.29, 0.717) is 5.92 Å². The SMILES string of the molecule is CCc1c(C(C)C)c(C)nn1CC. The van der Waals surface area contributed by atoms with Crippen LogP contribution in [0.2, 0.25) is 0 Å². The van der Waals surface area contributed by atoms with Crippen molar-refractivity contribution in [2.75, 3.05) is 0 Å². The summed E-state index contributed by atoms with van der Waals surface area (Å²) in [6, 6.07) is 0. The monoisotopic (exact) mass is 180 g/mol. The summed E-state index contributed by atoms with van der Waals surface area (Å²) < 4.78 is 2.13. The van der Waals surface area contributed by atoms with E-state index < -0.39 is 0 Å². The third-order valence-corrected chi connectivity index (χ3v) is 2.49. The number of aryl methyl sites for hydroxylation is 2. The van der Waals surface area contributed by atoms with Crippen LogP contribution in [0.25, 0.3) is 0 Å². The second-order valence-electron chi connectivity index (χ2n) is 3.77. The Balaban J connectivity index is 3.22. The Morgan fingerprint density at radius 3 is 2.31 bits per heavy atom. The number of hydrogen-bond acceptors (Lipinski definition) is 1. The molecule has 0 aliphatic rings. The van der Waals surface area contributed by atoms with Gasteiger partial charge in [0.2, 0.25) is 0 Å². The maximum absolute atomic E-state index is 4.54. The predicted molar refractivity (Wildman–Crippen MR) is 56.1 cm³/mol. The Morgan fingerprint density at radius 2 is 1.92 bits per heavy atom. The van der Waals surface area contributed by atoms with E-state index in [1.54, 1.807) is 0 Å². The molecule has 0 aromatic carbocycles. The van der Waals surface area contributed by atoms with Gasteiger partial charge in [0, 0.05) is 12.2 Å². The number of rotatable bonds is 3. The highest BCUT2D eigenvalue weighted by Crippen LogP contribution is 2.23. The van der Waals surface area contributed by atoms with E-state index in [0.717, 1.165) is 13.0 Å². The minimum atomic E-state index is 0.593. The number of hydrogen-bond donors (Lipinski definition) is 0. The van der Waals surface area contributed by atoms with E-state index in [4.69, 9.17) is 0 Å². The Bertz CT molecular complexity index is 285. The van der Waals surface area contributed by atoms with Gasteiger partial charge in [-0.3, -0.25) is 4.68 Å². The van der Waals surface area contributed by atoms with Gasteiger partial charge in [-0.05, 0) is 31.7 Å². The first-order chi connectivity index (χ1) is 6.11. The lowest BCUT2D eigenvalue weighted by atomic mass is 10.00. The summed E-state index contributed by atoms with van der Waals surface area (Å²) >= 11 is 0. The van der Waals surface area contributed by atoms with Crippen LogP contribution in [-0.4, -0.2) is 9.78 Å². The Morgan fingerprint density at radius 1 is 1.31 bits per heavy atom. The molecule has 0 fully saturated rings. The van der Waals surface area contributed by atoms with Crippen LogP contribution in [0.1, 0.15) is 50.6 Å². The molecule has 0 aliphatic carbocycles. The third-order valence-electron chi connectivity index (χ3n) is 2.49. The minimum Gasteiger partial charge on any atom is -0.269 e. The second kappa shape index (κ2) is 3.95. The average molecular weight is 180 g/mol. The van der Waals surface area contributed by atoms with Crippen LogP contribution in [0.5, 0.6) is 0 Å². The highest BCUT2D eigenvalue weighted by atomic mass is 15.3. The van der Waals surface area contributed by atoms with Gasteiger partial charge in [-0.25, -0.2) is 0 Å². The topological polar surface area (TPSA) is 17.8 Å². The van der Waals surface area contributed by atoms with Crippen LogP contribution in [0.4, 0.5) is 0 Å². The van der Waals surface area contributed by atoms with Crippen LogP contribution in [0.15, 0.2) is 0 Å².